The topological polar surface area (TPSA) is 89.9 Å². The molecule has 2 aromatic rings. The number of anilines is 1. The Morgan fingerprint density at radius 3 is 2.54 bits per heavy atom. The van der Waals surface area contributed by atoms with Crippen LogP contribution in [0.4, 0.5) is 5.69 Å². The minimum Gasteiger partial charge on any atom is -0.426 e. The van der Waals surface area contributed by atoms with Crippen LogP contribution in [-0.2, 0) is 16.0 Å². The minimum absolute atomic E-state index is 0.264. The average Bonchev–Trinajstić information content (AvgIpc) is 3.12. The van der Waals surface area contributed by atoms with Gasteiger partial charge in [0.1, 0.15) is 6.54 Å². The maximum absolute atomic E-state index is 12.4. The van der Waals surface area contributed by atoms with Crippen molar-refractivity contribution in [1.82, 2.24) is 5.32 Å². The van der Waals surface area contributed by atoms with Crippen LogP contribution in [-0.4, -0.2) is 41.5 Å². The third-order valence-electron chi connectivity index (χ3n) is 3.59. The van der Waals surface area contributed by atoms with Crippen LogP contribution in [0.1, 0.15) is 4.88 Å². The first kappa shape index (κ1) is 20.4. The second-order valence-electron chi connectivity index (χ2n) is 5.48. The molecule has 0 aliphatic carbocycles. The number of nitrogens with zero attached hydrogens (tertiary/aromatic N) is 1. The monoisotopic (exact) mass is 436 g/mol. The Balaban J connectivity index is 2.08. The quantitative estimate of drug-likeness (QED) is 0.434. The zero-order valence-electron chi connectivity index (χ0n) is 13.8. The van der Waals surface area contributed by atoms with Crippen molar-refractivity contribution < 1.29 is 19.6 Å². The molecule has 2 amide bonds. The molecule has 0 aliphatic rings. The lowest BCUT2D eigenvalue weighted by molar-refractivity contribution is -0.122. The highest BCUT2D eigenvalue weighted by Gasteiger charge is 2.27. The first-order valence-electron chi connectivity index (χ1n) is 7.78. The number of hydrogen-bond donors (Lipinski definition) is 3. The molecule has 0 saturated heterocycles. The second-order valence-corrected chi connectivity index (χ2v) is 7.42. The van der Waals surface area contributed by atoms with Gasteiger partial charge >= 0.3 is 7.12 Å². The molecule has 1 unspecified atom stereocenters. The number of benzene rings is 1. The molecule has 0 aliphatic heterocycles. The van der Waals surface area contributed by atoms with Gasteiger partial charge in [-0.1, -0.05) is 28.6 Å². The Hall–Kier alpha value is -1.94. The largest absolute Gasteiger partial charge is 0.475 e. The van der Waals surface area contributed by atoms with Crippen molar-refractivity contribution in [3.8, 4) is 0 Å². The van der Waals surface area contributed by atoms with Crippen molar-refractivity contribution >= 4 is 51.9 Å². The van der Waals surface area contributed by atoms with Gasteiger partial charge in [-0.15, -0.1) is 11.3 Å². The number of carbonyl (C=O) groups is 2. The highest BCUT2D eigenvalue weighted by molar-refractivity contribution is 9.10. The maximum atomic E-state index is 12.4. The molecule has 6 nitrogen and oxygen atoms in total. The molecule has 1 heterocycles. The van der Waals surface area contributed by atoms with E-state index in [9.17, 15) is 19.6 Å². The first-order chi connectivity index (χ1) is 12.4. The van der Waals surface area contributed by atoms with E-state index in [1.807, 2.05) is 17.5 Å². The predicted molar refractivity (Wildman–Crippen MR) is 107 cm³/mol. The molecule has 0 bridgehead atoms. The van der Waals surface area contributed by atoms with E-state index in [2.05, 4.69) is 27.8 Å². The summed E-state index contributed by atoms with van der Waals surface area (Å²) in [6.07, 6.45) is 1.41. The smallest absolute Gasteiger partial charge is 0.426 e. The van der Waals surface area contributed by atoms with Crippen molar-refractivity contribution in [2.24, 2.45) is 0 Å². The molecule has 2 rings (SSSR count). The average molecular weight is 437 g/mol. The lowest BCUT2D eigenvalue weighted by Crippen LogP contribution is -2.51. The molecule has 1 aromatic heterocycles. The summed E-state index contributed by atoms with van der Waals surface area (Å²) in [6.45, 7) is 3.20. The standard InChI is InChI=1S/C17H18BBrN2O4S/c1-2-17(23)21(13-7-5-12(19)6-8-13)11-16(22)20-15(18(24)25)10-14-4-3-9-26-14/h2-9,15,24-25H,1,10-11H2,(H,20,22). The van der Waals surface area contributed by atoms with E-state index < -0.39 is 24.9 Å². The minimum atomic E-state index is -1.71. The zero-order chi connectivity index (χ0) is 19.1. The number of rotatable bonds is 8. The van der Waals surface area contributed by atoms with Crippen molar-refractivity contribution in [2.75, 3.05) is 11.4 Å². The number of thiophene rings is 1. The lowest BCUT2D eigenvalue weighted by atomic mass is 9.77. The maximum Gasteiger partial charge on any atom is 0.475 e. The molecule has 0 saturated carbocycles. The third-order valence-corrected chi connectivity index (χ3v) is 5.02. The molecule has 0 fully saturated rings. The van der Waals surface area contributed by atoms with Gasteiger partial charge < -0.3 is 15.4 Å². The zero-order valence-corrected chi connectivity index (χ0v) is 16.2. The van der Waals surface area contributed by atoms with Crippen LogP contribution < -0.4 is 10.2 Å². The predicted octanol–water partition coefficient (Wildman–Crippen LogP) is 1.77. The molecule has 9 heteroatoms. The molecule has 1 aromatic carbocycles. The molecule has 0 radical (unpaired) electrons. The lowest BCUT2D eigenvalue weighted by Gasteiger charge is -2.23. The summed E-state index contributed by atoms with van der Waals surface area (Å²) >= 11 is 4.78. The summed E-state index contributed by atoms with van der Waals surface area (Å²) in [7, 11) is -1.71. The summed E-state index contributed by atoms with van der Waals surface area (Å²) in [6, 6.07) is 10.6. The second kappa shape index (κ2) is 9.68. The molecular weight excluding hydrogens is 419 g/mol. The summed E-state index contributed by atoms with van der Waals surface area (Å²) in [5, 5.41) is 23.5. The Labute approximate surface area is 164 Å². The van der Waals surface area contributed by atoms with E-state index in [1.165, 1.54) is 16.2 Å². The first-order valence-corrected chi connectivity index (χ1v) is 9.45. The number of hydrogen-bond acceptors (Lipinski definition) is 5. The van der Waals surface area contributed by atoms with Crippen molar-refractivity contribution in [1.29, 1.82) is 0 Å². The van der Waals surface area contributed by atoms with Crippen LogP contribution in [0.25, 0.3) is 0 Å². The Morgan fingerprint density at radius 1 is 1.31 bits per heavy atom. The fraction of sp³-hybridized carbons (Fsp3) is 0.176. The summed E-state index contributed by atoms with van der Waals surface area (Å²) in [4.78, 5) is 26.7. The Kier molecular flexibility index (Phi) is 7.58. The molecule has 0 spiro atoms. The van der Waals surface area contributed by atoms with Crippen molar-refractivity contribution in [2.45, 2.75) is 12.4 Å². The van der Waals surface area contributed by atoms with Gasteiger partial charge in [-0.2, -0.15) is 0 Å². The van der Waals surface area contributed by atoms with Crippen LogP contribution in [0, 0.1) is 0 Å². The highest BCUT2D eigenvalue weighted by Crippen LogP contribution is 2.19. The van der Waals surface area contributed by atoms with E-state index in [4.69, 9.17) is 0 Å². The number of carbonyl (C=O) groups excluding carboxylic acids is 2. The van der Waals surface area contributed by atoms with Gasteiger partial charge in [-0.05, 0) is 41.8 Å². The number of nitrogens with one attached hydrogen (secondary N) is 1. The number of halogens is 1. The summed E-state index contributed by atoms with van der Waals surface area (Å²) in [5.74, 6) is -1.80. The fourth-order valence-corrected chi connectivity index (χ4v) is 3.33. The van der Waals surface area contributed by atoms with Gasteiger partial charge in [0, 0.05) is 21.5 Å². The van der Waals surface area contributed by atoms with Crippen LogP contribution in [0.3, 0.4) is 0 Å². The van der Waals surface area contributed by atoms with Gasteiger partial charge in [0.25, 0.3) is 5.91 Å². The van der Waals surface area contributed by atoms with E-state index in [0.29, 0.717) is 5.69 Å². The number of amides is 2. The highest BCUT2D eigenvalue weighted by atomic mass is 79.9. The van der Waals surface area contributed by atoms with E-state index >= 15 is 0 Å². The summed E-state index contributed by atoms with van der Waals surface area (Å²) in [5.41, 5.74) is 0.535. The van der Waals surface area contributed by atoms with Crippen LogP contribution in [0.5, 0.6) is 0 Å². The van der Waals surface area contributed by atoms with Gasteiger partial charge in [0.05, 0.1) is 5.94 Å². The van der Waals surface area contributed by atoms with Gasteiger partial charge in [-0.25, -0.2) is 0 Å². The van der Waals surface area contributed by atoms with Gasteiger partial charge in [0.2, 0.25) is 5.91 Å². The van der Waals surface area contributed by atoms with Crippen molar-refractivity contribution in [3.05, 3.63) is 63.8 Å². The van der Waals surface area contributed by atoms with Gasteiger partial charge in [0.15, 0.2) is 0 Å². The van der Waals surface area contributed by atoms with Crippen LogP contribution in [0.2, 0.25) is 0 Å². The molecule has 26 heavy (non-hydrogen) atoms. The Morgan fingerprint density at radius 2 is 2.00 bits per heavy atom. The van der Waals surface area contributed by atoms with E-state index in [-0.39, 0.29) is 13.0 Å². The van der Waals surface area contributed by atoms with Crippen LogP contribution >= 0.6 is 27.3 Å². The molecule has 3 N–H and O–H groups in total. The SMILES string of the molecule is C=CC(=O)N(CC(=O)NC(Cc1cccs1)B(O)O)c1ccc(Br)cc1. The van der Waals surface area contributed by atoms with Crippen LogP contribution in [0.15, 0.2) is 58.9 Å². The van der Waals surface area contributed by atoms with E-state index in [1.54, 1.807) is 24.3 Å². The molecule has 136 valence electrons. The van der Waals surface area contributed by atoms with Gasteiger partial charge in [-0.3, -0.25) is 14.5 Å². The fourth-order valence-electron chi connectivity index (χ4n) is 2.30. The molecular formula is C17H18BBrN2O4S. The third kappa shape index (κ3) is 5.81. The summed E-state index contributed by atoms with van der Waals surface area (Å²) < 4.78 is 0.844. The Bertz CT molecular complexity index is 753. The van der Waals surface area contributed by atoms with Crippen molar-refractivity contribution in [3.63, 3.8) is 0 Å². The normalized spacial score (nSPS) is 11.5. The molecule has 1 atom stereocenters. The van der Waals surface area contributed by atoms with E-state index in [0.717, 1.165) is 15.4 Å².